The minimum Gasteiger partial charge on any atom is -0.497 e. The summed E-state index contributed by atoms with van der Waals surface area (Å²) in [6.07, 6.45) is 0. The molecule has 0 fully saturated rings. The van der Waals surface area contributed by atoms with Gasteiger partial charge >= 0.3 is 0 Å². The van der Waals surface area contributed by atoms with Gasteiger partial charge in [0.15, 0.2) is 0 Å². The summed E-state index contributed by atoms with van der Waals surface area (Å²) < 4.78 is 10.8. The molecule has 0 spiro atoms. The minimum absolute atomic E-state index is 0.244. The third-order valence-electron chi connectivity index (χ3n) is 3.62. The molecule has 0 saturated carbocycles. The lowest BCUT2D eigenvalue weighted by Gasteiger charge is -2.28. The second kappa shape index (κ2) is 8.12. The first kappa shape index (κ1) is 16.8. The van der Waals surface area contributed by atoms with Crippen molar-refractivity contribution in [3.8, 4) is 11.5 Å². The predicted molar refractivity (Wildman–Crippen MR) is 83.7 cm³/mol. The Labute approximate surface area is 123 Å². The number of nitrogens with zero attached hydrogens (tertiary/aromatic N) is 1. The zero-order valence-electron chi connectivity index (χ0n) is 13.6. The first-order chi connectivity index (χ1) is 9.53. The fourth-order valence-electron chi connectivity index (χ4n) is 2.12. The van der Waals surface area contributed by atoms with Gasteiger partial charge in [0, 0.05) is 30.3 Å². The molecule has 0 aliphatic carbocycles. The standard InChI is InChI=1S/C16H28N2O2/c1-7-17-15(11-18(4)12(2)3)14-9-8-13(19-5)10-16(14)20-6/h8-10,12,15,17H,7,11H2,1-6H3. The van der Waals surface area contributed by atoms with Crippen LogP contribution in [-0.2, 0) is 0 Å². The highest BCUT2D eigenvalue weighted by Gasteiger charge is 2.18. The predicted octanol–water partition coefficient (Wildman–Crippen LogP) is 2.69. The summed E-state index contributed by atoms with van der Waals surface area (Å²) in [6.45, 7) is 8.39. The number of nitrogens with one attached hydrogen (secondary N) is 1. The van der Waals surface area contributed by atoms with E-state index in [1.54, 1.807) is 14.2 Å². The van der Waals surface area contributed by atoms with Crippen molar-refractivity contribution in [1.82, 2.24) is 10.2 Å². The molecule has 0 bridgehead atoms. The molecule has 20 heavy (non-hydrogen) atoms. The molecule has 1 atom stereocenters. The number of hydrogen-bond donors (Lipinski definition) is 1. The summed E-state index contributed by atoms with van der Waals surface area (Å²) in [4.78, 5) is 2.33. The maximum Gasteiger partial charge on any atom is 0.127 e. The van der Waals surface area contributed by atoms with Crippen molar-refractivity contribution in [2.45, 2.75) is 32.9 Å². The van der Waals surface area contributed by atoms with Crippen molar-refractivity contribution in [2.24, 2.45) is 0 Å². The van der Waals surface area contributed by atoms with Crippen molar-refractivity contribution in [3.63, 3.8) is 0 Å². The van der Waals surface area contributed by atoms with Crippen molar-refractivity contribution in [1.29, 1.82) is 0 Å². The Morgan fingerprint density at radius 3 is 2.40 bits per heavy atom. The number of likely N-dealkylation sites (N-methyl/N-ethyl adjacent to an activating group) is 2. The van der Waals surface area contributed by atoms with Crippen molar-refractivity contribution >= 4 is 0 Å². The van der Waals surface area contributed by atoms with Gasteiger partial charge < -0.3 is 19.7 Å². The Hall–Kier alpha value is -1.26. The van der Waals surface area contributed by atoms with Gasteiger partial charge in [-0.25, -0.2) is 0 Å². The second-order valence-electron chi connectivity index (χ2n) is 5.25. The molecule has 1 unspecified atom stereocenters. The molecular weight excluding hydrogens is 252 g/mol. The van der Waals surface area contributed by atoms with Gasteiger partial charge in [-0.3, -0.25) is 0 Å². The molecule has 1 aromatic carbocycles. The van der Waals surface area contributed by atoms with Crippen LogP contribution in [0.15, 0.2) is 18.2 Å². The lowest BCUT2D eigenvalue weighted by Crippen LogP contribution is -2.36. The van der Waals surface area contributed by atoms with Crippen LogP contribution in [0.3, 0.4) is 0 Å². The topological polar surface area (TPSA) is 33.7 Å². The van der Waals surface area contributed by atoms with Crippen LogP contribution < -0.4 is 14.8 Å². The normalized spacial score (nSPS) is 12.8. The summed E-state index contributed by atoms with van der Waals surface area (Å²) in [5.74, 6) is 1.69. The van der Waals surface area contributed by atoms with Gasteiger partial charge in [-0.1, -0.05) is 13.0 Å². The molecule has 0 aromatic heterocycles. The van der Waals surface area contributed by atoms with Crippen LogP contribution >= 0.6 is 0 Å². The Morgan fingerprint density at radius 1 is 1.20 bits per heavy atom. The molecule has 1 aromatic rings. The average Bonchev–Trinajstić information content (AvgIpc) is 2.45. The Balaban J connectivity index is 3.01. The Kier molecular flexibility index (Phi) is 6.82. The molecule has 0 aliphatic heterocycles. The first-order valence-corrected chi connectivity index (χ1v) is 7.19. The van der Waals surface area contributed by atoms with E-state index in [9.17, 15) is 0 Å². The van der Waals surface area contributed by atoms with Crippen LogP contribution in [0.1, 0.15) is 32.4 Å². The highest BCUT2D eigenvalue weighted by atomic mass is 16.5. The molecule has 0 heterocycles. The lowest BCUT2D eigenvalue weighted by atomic mass is 10.0. The fourth-order valence-corrected chi connectivity index (χ4v) is 2.12. The minimum atomic E-state index is 0.244. The van der Waals surface area contributed by atoms with E-state index < -0.39 is 0 Å². The van der Waals surface area contributed by atoms with Crippen LogP contribution in [0.4, 0.5) is 0 Å². The number of methoxy groups -OCH3 is 2. The number of rotatable bonds is 8. The fraction of sp³-hybridized carbons (Fsp3) is 0.625. The first-order valence-electron chi connectivity index (χ1n) is 7.19. The number of benzene rings is 1. The van der Waals surface area contributed by atoms with Crippen LogP contribution in [0.25, 0.3) is 0 Å². The van der Waals surface area contributed by atoms with Gasteiger partial charge in [-0.05, 0) is 33.5 Å². The SMILES string of the molecule is CCNC(CN(C)C(C)C)c1ccc(OC)cc1OC. The zero-order valence-corrected chi connectivity index (χ0v) is 13.6. The Morgan fingerprint density at radius 2 is 1.90 bits per heavy atom. The molecule has 4 nitrogen and oxygen atoms in total. The molecule has 1 N–H and O–H groups in total. The maximum absolute atomic E-state index is 5.52. The highest BCUT2D eigenvalue weighted by molar-refractivity contribution is 5.42. The van der Waals surface area contributed by atoms with Gasteiger partial charge in [0.2, 0.25) is 0 Å². The van der Waals surface area contributed by atoms with Crippen LogP contribution in [-0.4, -0.2) is 45.3 Å². The molecule has 1 rings (SSSR count). The Bertz CT molecular complexity index is 407. The van der Waals surface area contributed by atoms with E-state index in [2.05, 4.69) is 44.1 Å². The summed E-state index contributed by atoms with van der Waals surface area (Å²) in [5.41, 5.74) is 1.17. The van der Waals surface area contributed by atoms with Crippen LogP contribution in [0.5, 0.6) is 11.5 Å². The third kappa shape index (κ3) is 4.39. The zero-order chi connectivity index (χ0) is 15.1. The van der Waals surface area contributed by atoms with Crippen molar-refractivity contribution in [3.05, 3.63) is 23.8 Å². The largest absolute Gasteiger partial charge is 0.497 e. The van der Waals surface area contributed by atoms with Crippen molar-refractivity contribution in [2.75, 3.05) is 34.4 Å². The van der Waals surface area contributed by atoms with E-state index in [4.69, 9.17) is 9.47 Å². The highest BCUT2D eigenvalue weighted by Crippen LogP contribution is 2.30. The summed E-state index contributed by atoms with van der Waals surface area (Å²) in [7, 11) is 5.52. The molecule has 0 aliphatic rings. The van der Waals surface area contributed by atoms with Gasteiger partial charge in [-0.2, -0.15) is 0 Å². The smallest absolute Gasteiger partial charge is 0.127 e. The molecule has 0 radical (unpaired) electrons. The molecule has 4 heteroatoms. The van der Waals surface area contributed by atoms with Gasteiger partial charge in [0.1, 0.15) is 11.5 Å². The quantitative estimate of drug-likeness (QED) is 0.794. The van der Waals surface area contributed by atoms with E-state index in [1.807, 2.05) is 12.1 Å². The molecule has 0 saturated heterocycles. The third-order valence-corrected chi connectivity index (χ3v) is 3.62. The summed E-state index contributed by atoms with van der Waals surface area (Å²) in [5, 5.41) is 3.53. The van der Waals surface area contributed by atoms with E-state index in [-0.39, 0.29) is 6.04 Å². The van der Waals surface area contributed by atoms with E-state index in [1.165, 1.54) is 5.56 Å². The molecular formula is C16H28N2O2. The number of ether oxygens (including phenoxy) is 2. The van der Waals surface area contributed by atoms with Crippen molar-refractivity contribution < 1.29 is 9.47 Å². The van der Waals surface area contributed by atoms with Crippen LogP contribution in [0.2, 0.25) is 0 Å². The summed E-state index contributed by atoms with van der Waals surface area (Å²) in [6, 6.07) is 6.76. The van der Waals surface area contributed by atoms with Gasteiger partial charge in [0.25, 0.3) is 0 Å². The monoisotopic (exact) mass is 280 g/mol. The maximum atomic E-state index is 5.52. The lowest BCUT2D eigenvalue weighted by molar-refractivity contribution is 0.240. The van der Waals surface area contributed by atoms with Gasteiger partial charge in [-0.15, -0.1) is 0 Å². The average molecular weight is 280 g/mol. The molecule has 114 valence electrons. The van der Waals surface area contributed by atoms with E-state index >= 15 is 0 Å². The number of hydrogen-bond acceptors (Lipinski definition) is 4. The second-order valence-corrected chi connectivity index (χ2v) is 5.25. The van der Waals surface area contributed by atoms with Crippen LogP contribution in [0, 0.1) is 0 Å². The van der Waals surface area contributed by atoms with Gasteiger partial charge in [0.05, 0.1) is 14.2 Å². The van der Waals surface area contributed by atoms with E-state index in [0.717, 1.165) is 24.6 Å². The summed E-state index contributed by atoms with van der Waals surface area (Å²) >= 11 is 0. The molecule has 0 amide bonds. The van der Waals surface area contributed by atoms with E-state index in [0.29, 0.717) is 6.04 Å².